The molecule has 0 aliphatic heterocycles. The van der Waals surface area contributed by atoms with Gasteiger partial charge in [-0.3, -0.25) is 9.52 Å². The number of amides is 1. The van der Waals surface area contributed by atoms with E-state index in [2.05, 4.69) is 4.72 Å². The minimum absolute atomic E-state index is 0.00502. The molecule has 0 unspecified atom stereocenters. The fourth-order valence-corrected chi connectivity index (χ4v) is 3.44. The molecule has 3 rings (SSSR count). The minimum Gasteiger partial charge on any atom is -0.331 e. The predicted octanol–water partition coefficient (Wildman–Crippen LogP) is 3.45. The third-order valence-electron chi connectivity index (χ3n) is 4.38. The number of carbonyl (C=O) groups is 1. The van der Waals surface area contributed by atoms with Gasteiger partial charge in [0.2, 0.25) is 10.0 Å². The molecule has 0 radical (unpaired) electrons. The molecule has 1 N–H and O–H groups in total. The van der Waals surface area contributed by atoms with E-state index in [1.165, 1.54) is 12.1 Å². The zero-order valence-corrected chi connectivity index (χ0v) is 15.8. The third-order valence-corrected chi connectivity index (χ3v) is 4.97. The van der Waals surface area contributed by atoms with Crippen molar-refractivity contribution >= 4 is 21.6 Å². The van der Waals surface area contributed by atoms with Crippen LogP contribution in [0.2, 0.25) is 0 Å². The Kier molecular flexibility index (Phi) is 5.19. The largest absolute Gasteiger partial charge is 0.331 e. The lowest BCUT2D eigenvalue weighted by Gasteiger charge is -2.23. The molecular formula is C19H20F2N2O3S. The van der Waals surface area contributed by atoms with Gasteiger partial charge in [-0.2, -0.15) is 0 Å². The van der Waals surface area contributed by atoms with Crippen molar-refractivity contribution in [1.29, 1.82) is 0 Å². The third kappa shape index (κ3) is 4.82. The first-order valence-corrected chi connectivity index (χ1v) is 10.4. The number of nitrogens with one attached hydrogen (secondary N) is 1. The summed E-state index contributed by atoms with van der Waals surface area (Å²) in [6.45, 7) is 1.76. The van der Waals surface area contributed by atoms with Crippen LogP contribution >= 0.6 is 0 Å². The zero-order chi connectivity index (χ0) is 19.8. The Morgan fingerprint density at radius 2 is 1.89 bits per heavy atom. The number of hydrogen-bond acceptors (Lipinski definition) is 3. The number of nitrogens with zero attached hydrogens (tertiary/aromatic N) is 1. The number of carbonyl (C=O) groups excluding carboxylic acids is 1. The van der Waals surface area contributed by atoms with Crippen LogP contribution in [0.25, 0.3) is 0 Å². The van der Waals surface area contributed by atoms with Gasteiger partial charge in [0.25, 0.3) is 5.91 Å². The summed E-state index contributed by atoms with van der Waals surface area (Å²) in [5.41, 5.74) is 1.55. The zero-order valence-electron chi connectivity index (χ0n) is 15.0. The van der Waals surface area contributed by atoms with Crippen LogP contribution < -0.4 is 4.72 Å². The summed E-state index contributed by atoms with van der Waals surface area (Å²) in [6.07, 6.45) is 2.67. The molecule has 8 heteroatoms. The summed E-state index contributed by atoms with van der Waals surface area (Å²) in [6, 6.07) is 8.04. The van der Waals surface area contributed by atoms with Gasteiger partial charge in [0.05, 0.1) is 11.9 Å². The van der Waals surface area contributed by atoms with Gasteiger partial charge in [0, 0.05) is 29.8 Å². The van der Waals surface area contributed by atoms with E-state index in [0.717, 1.165) is 31.2 Å². The highest BCUT2D eigenvalue weighted by Gasteiger charge is 2.33. The summed E-state index contributed by atoms with van der Waals surface area (Å²) in [4.78, 5) is 14.5. The molecular weight excluding hydrogens is 374 g/mol. The monoisotopic (exact) mass is 394 g/mol. The number of aryl methyl sites for hydroxylation is 1. The van der Waals surface area contributed by atoms with Crippen molar-refractivity contribution in [3.8, 4) is 0 Å². The van der Waals surface area contributed by atoms with Crippen molar-refractivity contribution in [3.63, 3.8) is 0 Å². The SMILES string of the molecule is Cc1ccc(C(=O)N(Cc2ccc(F)cc2F)C2CC2)cc1NS(C)(=O)=O. The van der Waals surface area contributed by atoms with Crippen molar-refractivity contribution in [2.24, 2.45) is 0 Å². The predicted molar refractivity (Wildman–Crippen MR) is 98.9 cm³/mol. The van der Waals surface area contributed by atoms with Crippen LogP contribution in [0.5, 0.6) is 0 Å². The number of hydrogen-bond donors (Lipinski definition) is 1. The summed E-state index contributed by atoms with van der Waals surface area (Å²) in [5, 5.41) is 0. The van der Waals surface area contributed by atoms with E-state index in [0.29, 0.717) is 16.8 Å². The van der Waals surface area contributed by atoms with Gasteiger partial charge in [-0.25, -0.2) is 17.2 Å². The topological polar surface area (TPSA) is 66.5 Å². The average Bonchev–Trinajstić information content (AvgIpc) is 3.39. The quantitative estimate of drug-likeness (QED) is 0.816. The highest BCUT2D eigenvalue weighted by molar-refractivity contribution is 7.92. The highest BCUT2D eigenvalue weighted by atomic mass is 32.2. The Morgan fingerprint density at radius 3 is 2.48 bits per heavy atom. The summed E-state index contributed by atoms with van der Waals surface area (Å²) in [5.74, 6) is -1.69. The van der Waals surface area contributed by atoms with Crippen molar-refractivity contribution in [2.75, 3.05) is 11.0 Å². The number of rotatable bonds is 6. The molecule has 1 amide bonds. The maximum absolute atomic E-state index is 14.0. The second kappa shape index (κ2) is 7.26. The van der Waals surface area contributed by atoms with Crippen LogP contribution in [0.3, 0.4) is 0 Å². The lowest BCUT2D eigenvalue weighted by molar-refractivity contribution is 0.0728. The normalized spacial score (nSPS) is 14.1. The van der Waals surface area contributed by atoms with Crippen LogP contribution in [0, 0.1) is 18.6 Å². The molecule has 0 atom stereocenters. The highest BCUT2D eigenvalue weighted by Crippen LogP contribution is 2.31. The van der Waals surface area contributed by atoms with Crippen LogP contribution in [0.15, 0.2) is 36.4 Å². The number of benzene rings is 2. The average molecular weight is 394 g/mol. The molecule has 1 saturated carbocycles. The van der Waals surface area contributed by atoms with Crippen molar-refractivity contribution < 1.29 is 22.0 Å². The summed E-state index contributed by atoms with van der Waals surface area (Å²) >= 11 is 0. The molecule has 1 aliphatic rings. The fraction of sp³-hybridized carbons (Fsp3) is 0.316. The molecule has 1 aliphatic carbocycles. The number of sulfonamides is 1. The van der Waals surface area contributed by atoms with E-state index in [4.69, 9.17) is 0 Å². The van der Waals surface area contributed by atoms with Crippen LogP contribution in [0.4, 0.5) is 14.5 Å². The lowest BCUT2D eigenvalue weighted by Crippen LogP contribution is -2.33. The van der Waals surface area contributed by atoms with Gasteiger partial charge < -0.3 is 4.90 Å². The molecule has 1 fully saturated rings. The van der Waals surface area contributed by atoms with E-state index in [-0.39, 0.29) is 24.1 Å². The van der Waals surface area contributed by atoms with E-state index >= 15 is 0 Å². The summed E-state index contributed by atoms with van der Waals surface area (Å²) < 4.78 is 52.5. The van der Waals surface area contributed by atoms with Crippen molar-refractivity contribution in [2.45, 2.75) is 32.4 Å². The Hall–Kier alpha value is -2.48. The molecule has 144 valence electrons. The number of halogens is 2. The van der Waals surface area contributed by atoms with Gasteiger partial charge in [0.1, 0.15) is 11.6 Å². The smallest absolute Gasteiger partial charge is 0.254 e. The number of anilines is 1. The van der Waals surface area contributed by atoms with Gasteiger partial charge in [-0.1, -0.05) is 12.1 Å². The Bertz CT molecular complexity index is 988. The molecule has 0 heterocycles. The van der Waals surface area contributed by atoms with Gasteiger partial charge in [0.15, 0.2) is 0 Å². The molecule has 2 aromatic rings. The summed E-state index contributed by atoms with van der Waals surface area (Å²) in [7, 11) is -3.48. The second-order valence-corrected chi connectivity index (χ2v) is 8.55. The van der Waals surface area contributed by atoms with Gasteiger partial charge in [-0.15, -0.1) is 0 Å². The maximum Gasteiger partial charge on any atom is 0.254 e. The molecule has 0 aromatic heterocycles. The molecule has 0 bridgehead atoms. The maximum atomic E-state index is 14.0. The Morgan fingerprint density at radius 1 is 1.19 bits per heavy atom. The molecule has 27 heavy (non-hydrogen) atoms. The van der Waals surface area contributed by atoms with Crippen LogP contribution in [-0.2, 0) is 16.6 Å². The standard InChI is InChI=1S/C19H20F2N2O3S/c1-12-3-4-13(9-18(12)22-27(2,25)26)19(24)23(16-7-8-16)11-14-5-6-15(20)10-17(14)21/h3-6,9-10,16,22H,7-8,11H2,1-2H3. The second-order valence-electron chi connectivity index (χ2n) is 6.80. The van der Waals surface area contributed by atoms with E-state index in [1.54, 1.807) is 24.0 Å². The lowest BCUT2D eigenvalue weighted by atomic mass is 10.1. The first kappa shape index (κ1) is 19.3. The Labute approximate surface area is 157 Å². The molecule has 0 saturated heterocycles. The molecule has 5 nitrogen and oxygen atoms in total. The molecule has 0 spiro atoms. The van der Waals surface area contributed by atoms with E-state index in [9.17, 15) is 22.0 Å². The van der Waals surface area contributed by atoms with Crippen LogP contribution in [0.1, 0.15) is 34.3 Å². The first-order valence-electron chi connectivity index (χ1n) is 8.47. The van der Waals surface area contributed by atoms with Crippen molar-refractivity contribution in [1.82, 2.24) is 4.90 Å². The van der Waals surface area contributed by atoms with E-state index < -0.39 is 21.7 Å². The van der Waals surface area contributed by atoms with Gasteiger partial charge in [-0.05, 0) is 43.5 Å². The van der Waals surface area contributed by atoms with Gasteiger partial charge >= 0.3 is 0 Å². The van der Waals surface area contributed by atoms with E-state index in [1.807, 2.05) is 0 Å². The minimum atomic E-state index is -3.48. The Balaban J connectivity index is 1.88. The van der Waals surface area contributed by atoms with Crippen LogP contribution in [-0.4, -0.2) is 31.5 Å². The first-order chi connectivity index (χ1) is 12.6. The van der Waals surface area contributed by atoms with Crippen molar-refractivity contribution in [3.05, 3.63) is 64.7 Å². The molecule has 2 aromatic carbocycles. The fourth-order valence-electron chi connectivity index (χ4n) is 2.82.